The number of nitrogens with one attached hydrogen (secondary N) is 4. The Kier molecular flexibility index (Phi) is 10.2. The van der Waals surface area contributed by atoms with Gasteiger partial charge in [0.25, 0.3) is 0 Å². The number of aliphatic hydroxyl groups is 1. The molecule has 0 spiro atoms. The number of amides is 2. The van der Waals surface area contributed by atoms with Crippen LogP contribution in [0.25, 0.3) is 11.3 Å². The normalized spacial score (nSPS) is 17.5. The van der Waals surface area contributed by atoms with Gasteiger partial charge in [0.2, 0.25) is 11.8 Å². The molecule has 5 N–H and O–H groups in total. The molecule has 226 valence electrons. The summed E-state index contributed by atoms with van der Waals surface area (Å²) in [5.74, 6) is -0.192. The molecular formula is C36H39N5O3. The van der Waals surface area contributed by atoms with E-state index < -0.39 is 6.23 Å². The fraction of sp³-hybridized carbons (Fsp3) is 0.250. The van der Waals surface area contributed by atoms with E-state index in [1.807, 2.05) is 43.3 Å². The summed E-state index contributed by atoms with van der Waals surface area (Å²) < 4.78 is 0. The van der Waals surface area contributed by atoms with Gasteiger partial charge in [-0.15, -0.1) is 0 Å². The molecule has 0 bridgehead atoms. The van der Waals surface area contributed by atoms with Gasteiger partial charge in [0.05, 0.1) is 12.1 Å². The monoisotopic (exact) mass is 589 g/mol. The molecule has 0 fully saturated rings. The van der Waals surface area contributed by atoms with Gasteiger partial charge < -0.3 is 21.1 Å². The molecule has 0 radical (unpaired) electrons. The molecular weight excluding hydrogens is 550 g/mol. The van der Waals surface area contributed by atoms with Crippen molar-refractivity contribution in [2.75, 3.05) is 17.2 Å². The highest BCUT2D eigenvalue weighted by Crippen LogP contribution is 2.36. The van der Waals surface area contributed by atoms with Crippen molar-refractivity contribution in [3.05, 3.63) is 126 Å². The maximum atomic E-state index is 12.9. The van der Waals surface area contributed by atoms with Gasteiger partial charge in [-0.25, -0.2) is 0 Å². The van der Waals surface area contributed by atoms with Crippen LogP contribution in [-0.2, 0) is 22.6 Å². The average Bonchev–Trinajstić information content (AvgIpc) is 3.04. The number of anilines is 2. The van der Waals surface area contributed by atoms with Gasteiger partial charge in [-0.1, -0.05) is 74.2 Å². The molecule has 1 aliphatic heterocycles. The minimum Gasteiger partial charge on any atom is -0.374 e. The second-order valence-corrected chi connectivity index (χ2v) is 10.9. The molecule has 2 aliphatic rings. The lowest BCUT2D eigenvalue weighted by Crippen LogP contribution is -2.30. The van der Waals surface area contributed by atoms with Crippen molar-refractivity contribution >= 4 is 23.2 Å². The fourth-order valence-corrected chi connectivity index (χ4v) is 5.47. The number of nitrogens with zero attached hydrogens (tertiary/aromatic N) is 1. The van der Waals surface area contributed by atoms with Gasteiger partial charge in [-0.3, -0.25) is 19.9 Å². The van der Waals surface area contributed by atoms with Crippen LogP contribution < -0.4 is 21.3 Å². The summed E-state index contributed by atoms with van der Waals surface area (Å²) in [7, 11) is 0. The van der Waals surface area contributed by atoms with Crippen LogP contribution in [0.1, 0.15) is 60.7 Å². The number of hydrogen-bond donors (Lipinski definition) is 5. The zero-order valence-electron chi connectivity index (χ0n) is 25.0. The Hall–Kier alpha value is -4.79. The van der Waals surface area contributed by atoms with E-state index in [4.69, 9.17) is 4.98 Å². The largest absolute Gasteiger partial charge is 0.374 e. The molecule has 2 aromatic carbocycles. The Labute approximate surface area is 258 Å². The Morgan fingerprint density at radius 3 is 2.59 bits per heavy atom. The third-order valence-corrected chi connectivity index (χ3v) is 7.68. The van der Waals surface area contributed by atoms with Crippen molar-refractivity contribution in [3.63, 3.8) is 0 Å². The zero-order chi connectivity index (χ0) is 30.9. The molecule has 0 saturated heterocycles. The molecule has 8 nitrogen and oxygen atoms in total. The Balaban J connectivity index is 1.24. The van der Waals surface area contributed by atoms with Gasteiger partial charge in [0.1, 0.15) is 6.23 Å². The van der Waals surface area contributed by atoms with E-state index in [2.05, 4.69) is 70.3 Å². The molecule has 8 heteroatoms. The summed E-state index contributed by atoms with van der Waals surface area (Å²) in [6.45, 7) is 6.59. The number of rotatable bonds is 11. The number of hydrogen-bond acceptors (Lipinski definition) is 6. The predicted octanol–water partition coefficient (Wildman–Crippen LogP) is 6.02. The molecule has 5 rings (SSSR count). The first-order chi connectivity index (χ1) is 21.4. The first-order valence-corrected chi connectivity index (χ1v) is 15.1. The third-order valence-electron chi connectivity index (χ3n) is 7.68. The van der Waals surface area contributed by atoms with Crippen LogP contribution in [0.2, 0.25) is 0 Å². The summed E-state index contributed by atoms with van der Waals surface area (Å²) >= 11 is 0. The number of fused-ring (bicyclic) bond motifs is 1. The Bertz CT molecular complexity index is 1610. The van der Waals surface area contributed by atoms with Crippen LogP contribution >= 0.6 is 0 Å². The highest BCUT2D eigenvalue weighted by molar-refractivity contribution is 5.99. The van der Waals surface area contributed by atoms with Crippen LogP contribution in [0.3, 0.4) is 0 Å². The second kappa shape index (κ2) is 14.6. The number of aliphatic hydroxyl groups excluding tert-OH is 1. The lowest BCUT2D eigenvalue weighted by molar-refractivity contribution is -0.120. The lowest BCUT2D eigenvalue weighted by atomic mass is 9.87. The van der Waals surface area contributed by atoms with E-state index in [1.165, 1.54) is 6.08 Å². The zero-order valence-corrected chi connectivity index (χ0v) is 25.0. The molecule has 44 heavy (non-hydrogen) atoms. The summed E-state index contributed by atoms with van der Waals surface area (Å²) in [5, 5.41) is 22.8. The van der Waals surface area contributed by atoms with Gasteiger partial charge in [0, 0.05) is 59.3 Å². The van der Waals surface area contributed by atoms with E-state index in [0.29, 0.717) is 18.8 Å². The van der Waals surface area contributed by atoms with Gasteiger partial charge in [-0.2, -0.15) is 0 Å². The number of aromatic nitrogens is 1. The Morgan fingerprint density at radius 2 is 1.86 bits per heavy atom. The molecule has 3 aromatic rings. The standard InChI is InChI=1S/C36H39N5O3/c1-3-9-27(39-28-12-8-13-29(20-28)40-33(42)4-2)21-34(43)38-23-24-14-16-26(17-15-24)35-30(25-10-6-5-7-11-25)22-31-32(41-35)18-19-37-36(31)44/h4-10,12-17,20,22,25,36-37,39,44H,2-3,11,18-19,21,23H2,1H3,(H,38,43)(H,40,42). The van der Waals surface area contributed by atoms with Gasteiger partial charge in [-0.05, 0) is 54.3 Å². The van der Waals surface area contributed by atoms with E-state index in [9.17, 15) is 14.7 Å². The molecule has 2 atom stereocenters. The third kappa shape index (κ3) is 7.78. The molecule has 1 aromatic heterocycles. The van der Waals surface area contributed by atoms with Crippen molar-refractivity contribution < 1.29 is 14.7 Å². The van der Waals surface area contributed by atoms with Crippen LogP contribution in [0, 0.1) is 0 Å². The fourth-order valence-electron chi connectivity index (χ4n) is 5.47. The molecule has 1 aliphatic carbocycles. The van der Waals surface area contributed by atoms with Crippen LogP contribution in [0.15, 0.2) is 103 Å². The topological polar surface area (TPSA) is 115 Å². The highest BCUT2D eigenvalue weighted by atomic mass is 16.3. The maximum absolute atomic E-state index is 12.9. The SMILES string of the molecule is C=CC(=O)Nc1cccc(NC(=CCC)CC(=O)NCc2ccc(-c3nc4c(cc3C3C=CC=CC3)C(O)NCC4)cc2)c1. The van der Waals surface area contributed by atoms with Crippen molar-refractivity contribution in [3.8, 4) is 11.3 Å². The number of allylic oxidation sites excluding steroid dienone is 5. The van der Waals surface area contributed by atoms with Crippen LogP contribution in [-0.4, -0.2) is 28.4 Å². The predicted molar refractivity (Wildman–Crippen MR) is 176 cm³/mol. The van der Waals surface area contributed by atoms with E-state index in [-0.39, 0.29) is 24.2 Å². The minimum absolute atomic E-state index is 0.0969. The van der Waals surface area contributed by atoms with Crippen molar-refractivity contribution in [1.82, 2.24) is 15.6 Å². The van der Waals surface area contributed by atoms with Crippen molar-refractivity contribution in [2.24, 2.45) is 0 Å². The average molecular weight is 590 g/mol. The minimum atomic E-state index is -0.703. The summed E-state index contributed by atoms with van der Waals surface area (Å²) in [6.07, 6.45) is 13.6. The number of carbonyl (C=O) groups excluding carboxylic acids is 2. The summed E-state index contributed by atoms with van der Waals surface area (Å²) in [4.78, 5) is 29.6. The summed E-state index contributed by atoms with van der Waals surface area (Å²) in [5.41, 5.74) is 8.02. The van der Waals surface area contributed by atoms with E-state index in [0.717, 1.165) is 64.3 Å². The van der Waals surface area contributed by atoms with Crippen molar-refractivity contribution in [1.29, 1.82) is 0 Å². The molecule has 2 unspecified atom stereocenters. The van der Waals surface area contributed by atoms with Crippen molar-refractivity contribution in [2.45, 2.75) is 51.3 Å². The molecule has 0 saturated carbocycles. The Morgan fingerprint density at radius 1 is 1.07 bits per heavy atom. The number of pyridine rings is 1. The molecule has 2 heterocycles. The smallest absolute Gasteiger partial charge is 0.247 e. The lowest BCUT2D eigenvalue weighted by Gasteiger charge is -2.26. The maximum Gasteiger partial charge on any atom is 0.247 e. The second-order valence-electron chi connectivity index (χ2n) is 10.9. The highest BCUT2D eigenvalue weighted by Gasteiger charge is 2.24. The summed E-state index contributed by atoms with van der Waals surface area (Å²) in [6, 6.07) is 17.6. The first kappa shape index (κ1) is 30.7. The van der Waals surface area contributed by atoms with E-state index >= 15 is 0 Å². The first-order valence-electron chi connectivity index (χ1n) is 15.1. The molecule has 2 amide bonds. The van der Waals surface area contributed by atoms with Gasteiger partial charge >= 0.3 is 0 Å². The van der Waals surface area contributed by atoms with Crippen LogP contribution in [0.4, 0.5) is 11.4 Å². The van der Waals surface area contributed by atoms with E-state index in [1.54, 1.807) is 6.07 Å². The number of benzene rings is 2. The van der Waals surface area contributed by atoms with Crippen LogP contribution in [0.5, 0.6) is 0 Å². The van der Waals surface area contributed by atoms with Gasteiger partial charge in [0.15, 0.2) is 0 Å². The number of carbonyl (C=O) groups is 2. The quantitative estimate of drug-likeness (QED) is 0.175.